The first-order chi connectivity index (χ1) is 7.97. The van der Waals surface area contributed by atoms with E-state index in [4.69, 9.17) is 0 Å². The minimum Gasteiger partial charge on any atom is -0.388 e. The van der Waals surface area contributed by atoms with Gasteiger partial charge in [0.05, 0.1) is 6.10 Å². The maximum Gasteiger partial charge on any atom is 0.0790 e. The number of aliphatic hydroxyl groups excluding tert-OH is 1. The molecule has 1 heteroatoms. The van der Waals surface area contributed by atoms with Crippen LogP contribution in [-0.4, -0.2) is 5.11 Å². The van der Waals surface area contributed by atoms with Crippen LogP contribution in [-0.2, 0) is 5.41 Å². The first kappa shape index (κ1) is 12.6. The number of aliphatic hydroxyl groups is 1. The zero-order chi connectivity index (χ0) is 12.5. The van der Waals surface area contributed by atoms with Crippen molar-refractivity contribution in [2.75, 3.05) is 0 Å². The second-order valence-electron chi connectivity index (χ2n) is 6.41. The first-order valence-corrected chi connectivity index (χ1v) is 6.75. The molecular formula is C16H24O. The summed E-state index contributed by atoms with van der Waals surface area (Å²) in [7, 11) is 0. The lowest BCUT2D eigenvalue weighted by molar-refractivity contribution is 0.162. The Kier molecular flexibility index (Phi) is 3.58. The average Bonchev–Trinajstić information content (AvgIpc) is 3.09. The van der Waals surface area contributed by atoms with Crippen molar-refractivity contribution in [3.63, 3.8) is 0 Å². The largest absolute Gasteiger partial charge is 0.388 e. The van der Waals surface area contributed by atoms with Crippen molar-refractivity contribution in [1.82, 2.24) is 0 Å². The van der Waals surface area contributed by atoms with E-state index >= 15 is 0 Å². The zero-order valence-electron chi connectivity index (χ0n) is 11.2. The molecule has 1 aromatic rings. The molecule has 0 spiro atoms. The summed E-state index contributed by atoms with van der Waals surface area (Å²) >= 11 is 0. The minimum atomic E-state index is -0.274. The van der Waals surface area contributed by atoms with E-state index in [1.807, 2.05) is 0 Å². The van der Waals surface area contributed by atoms with Crippen molar-refractivity contribution in [3.8, 4) is 0 Å². The molecule has 0 heterocycles. The topological polar surface area (TPSA) is 20.2 Å². The Morgan fingerprint density at radius 1 is 1.18 bits per heavy atom. The molecule has 1 aliphatic carbocycles. The summed E-state index contributed by atoms with van der Waals surface area (Å²) in [6.45, 7) is 6.64. The molecule has 0 radical (unpaired) electrons. The van der Waals surface area contributed by atoms with Crippen molar-refractivity contribution in [1.29, 1.82) is 0 Å². The summed E-state index contributed by atoms with van der Waals surface area (Å²) < 4.78 is 0. The van der Waals surface area contributed by atoms with E-state index in [-0.39, 0.29) is 11.5 Å². The van der Waals surface area contributed by atoms with E-state index in [1.54, 1.807) is 0 Å². The van der Waals surface area contributed by atoms with Crippen LogP contribution in [0, 0.1) is 5.92 Å². The van der Waals surface area contributed by atoms with Gasteiger partial charge >= 0.3 is 0 Å². The molecule has 1 fully saturated rings. The van der Waals surface area contributed by atoms with Gasteiger partial charge in [0.15, 0.2) is 0 Å². The Morgan fingerprint density at radius 3 is 2.24 bits per heavy atom. The van der Waals surface area contributed by atoms with Crippen LogP contribution >= 0.6 is 0 Å². The zero-order valence-corrected chi connectivity index (χ0v) is 11.2. The maximum atomic E-state index is 10.1. The van der Waals surface area contributed by atoms with E-state index in [2.05, 4.69) is 45.0 Å². The summed E-state index contributed by atoms with van der Waals surface area (Å²) in [5, 5.41) is 10.1. The maximum absolute atomic E-state index is 10.1. The van der Waals surface area contributed by atoms with Gasteiger partial charge in [0.1, 0.15) is 0 Å². The third-order valence-corrected chi connectivity index (χ3v) is 3.71. The van der Waals surface area contributed by atoms with Gasteiger partial charge in [-0.05, 0) is 35.3 Å². The highest BCUT2D eigenvalue weighted by Gasteiger charge is 2.22. The molecule has 1 aromatic carbocycles. The third-order valence-electron chi connectivity index (χ3n) is 3.71. The Hall–Kier alpha value is -0.820. The average molecular weight is 232 g/mol. The fourth-order valence-electron chi connectivity index (χ4n) is 2.17. The molecule has 1 nitrogen and oxygen atoms in total. The molecule has 0 amide bonds. The Labute approximate surface area is 105 Å². The van der Waals surface area contributed by atoms with E-state index in [0.29, 0.717) is 0 Å². The fourth-order valence-corrected chi connectivity index (χ4v) is 2.17. The molecule has 1 unspecified atom stereocenters. The predicted octanol–water partition coefficient (Wildman–Crippen LogP) is 4.21. The van der Waals surface area contributed by atoms with Crippen molar-refractivity contribution < 1.29 is 5.11 Å². The smallest absolute Gasteiger partial charge is 0.0790 e. The van der Waals surface area contributed by atoms with Crippen LogP contribution in [0.4, 0.5) is 0 Å². The lowest BCUT2D eigenvalue weighted by Gasteiger charge is -2.20. The molecule has 0 aliphatic heterocycles. The lowest BCUT2D eigenvalue weighted by Crippen LogP contribution is -2.11. The van der Waals surface area contributed by atoms with Gasteiger partial charge in [-0.15, -0.1) is 0 Å². The standard InChI is InChI=1S/C16H24O/c1-16(2,3)14-9-7-13(8-10-14)15(17)11-6-12-4-5-12/h7-10,12,15,17H,4-6,11H2,1-3H3. The highest BCUT2D eigenvalue weighted by atomic mass is 16.3. The molecule has 1 aliphatic rings. The quantitative estimate of drug-likeness (QED) is 0.824. The predicted molar refractivity (Wildman–Crippen MR) is 72.1 cm³/mol. The Balaban J connectivity index is 1.96. The second kappa shape index (κ2) is 4.81. The van der Waals surface area contributed by atoms with Gasteiger partial charge in [0.2, 0.25) is 0 Å². The van der Waals surface area contributed by atoms with Crippen molar-refractivity contribution >= 4 is 0 Å². The molecule has 1 saturated carbocycles. The van der Waals surface area contributed by atoms with Gasteiger partial charge in [-0.2, -0.15) is 0 Å². The normalized spacial score (nSPS) is 18.1. The third kappa shape index (κ3) is 3.57. The Bertz CT molecular complexity index is 354. The molecule has 2 rings (SSSR count). The van der Waals surface area contributed by atoms with E-state index < -0.39 is 0 Å². The van der Waals surface area contributed by atoms with Gasteiger partial charge in [0, 0.05) is 0 Å². The van der Waals surface area contributed by atoms with Crippen LogP contribution in [0.5, 0.6) is 0 Å². The molecule has 0 saturated heterocycles. The SMILES string of the molecule is CC(C)(C)c1ccc(C(O)CCC2CC2)cc1. The van der Waals surface area contributed by atoms with Crippen molar-refractivity contribution in [2.24, 2.45) is 5.92 Å². The van der Waals surface area contributed by atoms with Crippen LogP contribution in [0.3, 0.4) is 0 Å². The fraction of sp³-hybridized carbons (Fsp3) is 0.625. The molecule has 0 aromatic heterocycles. The summed E-state index contributed by atoms with van der Waals surface area (Å²) in [6.07, 6.45) is 4.57. The lowest BCUT2D eigenvalue weighted by atomic mass is 9.86. The van der Waals surface area contributed by atoms with Gasteiger partial charge in [-0.25, -0.2) is 0 Å². The summed E-state index contributed by atoms with van der Waals surface area (Å²) in [5.41, 5.74) is 2.59. The summed E-state index contributed by atoms with van der Waals surface area (Å²) in [4.78, 5) is 0. The summed E-state index contributed by atoms with van der Waals surface area (Å²) in [5.74, 6) is 0.901. The monoisotopic (exact) mass is 232 g/mol. The number of hydrogen-bond acceptors (Lipinski definition) is 1. The van der Waals surface area contributed by atoms with Crippen LogP contribution in [0.2, 0.25) is 0 Å². The van der Waals surface area contributed by atoms with Crippen LogP contribution in [0.25, 0.3) is 0 Å². The molecule has 94 valence electrons. The van der Waals surface area contributed by atoms with E-state index in [9.17, 15) is 5.11 Å². The number of hydrogen-bond donors (Lipinski definition) is 1. The molecule has 17 heavy (non-hydrogen) atoms. The highest BCUT2D eigenvalue weighted by Crippen LogP contribution is 2.36. The van der Waals surface area contributed by atoms with Gasteiger partial charge < -0.3 is 5.11 Å². The first-order valence-electron chi connectivity index (χ1n) is 6.75. The van der Waals surface area contributed by atoms with E-state index in [1.165, 1.54) is 24.8 Å². The number of benzene rings is 1. The van der Waals surface area contributed by atoms with Crippen LogP contribution < -0.4 is 0 Å². The van der Waals surface area contributed by atoms with E-state index in [0.717, 1.165) is 17.9 Å². The van der Waals surface area contributed by atoms with Gasteiger partial charge in [-0.1, -0.05) is 57.9 Å². The molecule has 1 N–H and O–H groups in total. The second-order valence-corrected chi connectivity index (χ2v) is 6.41. The Morgan fingerprint density at radius 2 is 1.76 bits per heavy atom. The molecular weight excluding hydrogens is 208 g/mol. The van der Waals surface area contributed by atoms with Crippen LogP contribution in [0.15, 0.2) is 24.3 Å². The molecule has 1 atom stereocenters. The van der Waals surface area contributed by atoms with Crippen molar-refractivity contribution in [2.45, 2.75) is 58.0 Å². The number of rotatable bonds is 4. The molecule has 0 bridgehead atoms. The van der Waals surface area contributed by atoms with Gasteiger partial charge in [0.25, 0.3) is 0 Å². The van der Waals surface area contributed by atoms with Crippen molar-refractivity contribution in [3.05, 3.63) is 35.4 Å². The summed E-state index contributed by atoms with van der Waals surface area (Å²) in [6, 6.07) is 8.46. The highest BCUT2D eigenvalue weighted by molar-refractivity contribution is 5.28. The minimum absolute atomic E-state index is 0.192. The van der Waals surface area contributed by atoms with Crippen LogP contribution in [0.1, 0.15) is 63.7 Å². The van der Waals surface area contributed by atoms with Gasteiger partial charge in [-0.3, -0.25) is 0 Å².